The third-order valence-corrected chi connectivity index (χ3v) is 1.12. The molecule has 0 aliphatic rings. The Morgan fingerprint density at radius 2 is 1.92 bits per heavy atom. The van der Waals surface area contributed by atoms with Crippen molar-refractivity contribution < 1.29 is 20.1 Å². The van der Waals surface area contributed by atoms with Gasteiger partial charge in [0.15, 0.2) is 0 Å². The zero-order valence-electron chi connectivity index (χ0n) is 7.40. The van der Waals surface area contributed by atoms with E-state index in [0.29, 0.717) is 0 Å². The Labute approximate surface area is 71.8 Å². The van der Waals surface area contributed by atoms with Gasteiger partial charge in [0.05, 0.1) is 6.61 Å². The van der Waals surface area contributed by atoms with Gasteiger partial charge in [0.1, 0.15) is 6.10 Å². The fourth-order valence-corrected chi connectivity index (χ4v) is 0.129. The van der Waals surface area contributed by atoms with Gasteiger partial charge in [-0.05, 0) is 13.3 Å². The highest BCUT2D eigenvalue weighted by Crippen LogP contribution is 1.79. The van der Waals surface area contributed by atoms with Crippen molar-refractivity contribution in [1.29, 1.82) is 0 Å². The molecule has 0 heterocycles. The van der Waals surface area contributed by atoms with E-state index in [9.17, 15) is 4.79 Å². The molecular formula is C7H17NO4. The largest absolute Gasteiger partial charge is 0.479 e. The number of carboxylic acid groups (broad SMARTS) is 1. The second-order valence-electron chi connectivity index (χ2n) is 2.37. The number of aliphatic hydroxyl groups excluding tert-OH is 2. The molecule has 0 radical (unpaired) electrons. The highest BCUT2D eigenvalue weighted by atomic mass is 16.4. The molecule has 74 valence electrons. The molecule has 0 aromatic carbocycles. The van der Waals surface area contributed by atoms with Gasteiger partial charge in [0.2, 0.25) is 0 Å². The Kier molecular flexibility index (Phi) is 9.79. The van der Waals surface area contributed by atoms with Crippen molar-refractivity contribution in [2.24, 2.45) is 5.73 Å². The summed E-state index contributed by atoms with van der Waals surface area (Å²) in [6.45, 7) is 3.25. The Balaban J connectivity index is 0. The minimum absolute atomic E-state index is 0.00926. The van der Waals surface area contributed by atoms with Crippen molar-refractivity contribution in [3.8, 4) is 0 Å². The molecule has 0 aliphatic carbocycles. The Hall–Kier alpha value is -0.650. The van der Waals surface area contributed by atoms with Gasteiger partial charge in [-0.15, -0.1) is 0 Å². The number of nitrogens with two attached hydrogens (primary N) is 1. The summed E-state index contributed by atoms with van der Waals surface area (Å²) in [6.07, 6.45) is -0.374. The molecule has 0 aliphatic heterocycles. The molecule has 5 heteroatoms. The quantitative estimate of drug-likeness (QED) is 0.452. The molecular weight excluding hydrogens is 162 g/mol. The van der Waals surface area contributed by atoms with Gasteiger partial charge in [-0.2, -0.15) is 0 Å². The van der Waals surface area contributed by atoms with Gasteiger partial charge in [-0.25, -0.2) is 4.79 Å². The zero-order chi connectivity index (χ0) is 10.1. The molecule has 0 saturated heterocycles. The van der Waals surface area contributed by atoms with E-state index < -0.39 is 12.1 Å². The van der Waals surface area contributed by atoms with Crippen LogP contribution in [0.2, 0.25) is 0 Å². The van der Waals surface area contributed by atoms with E-state index in [1.165, 1.54) is 6.92 Å². The van der Waals surface area contributed by atoms with Crippen molar-refractivity contribution in [3.05, 3.63) is 0 Å². The summed E-state index contributed by atoms with van der Waals surface area (Å²) in [7, 11) is 0. The van der Waals surface area contributed by atoms with Crippen molar-refractivity contribution >= 4 is 5.97 Å². The molecule has 5 N–H and O–H groups in total. The van der Waals surface area contributed by atoms with Gasteiger partial charge < -0.3 is 21.1 Å². The first kappa shape index (κ1) is 13.9. The van der Waals surface area contributed by atoms with E-state index in [2.05, 4.69) is 0 Å². The van der Waals surface area contributed by atoms with Crippen LogP contribution in [0, 0.1) is 0 Å². The minimum Gasteiger partial charge on any atom is -0.479 e. The molecule has 2 unspecified atom stereocenters. The molecule has 0 aromatic heterocycles. The third-order valence-electron chi connectivity index (χ3n) is 1.12. The first-order valence-electron chi connectivity index (χ1n) is 3.73. The molecule has 0 fully saturated rings. The topological polar surface area (TPSA) is 104 Å². The smallest absolute Gasteiger partial charge is 0.332 e. The van der Waals surface area contributed by atoms with E-state index in [4.69, 9.17) is 21.1 Å². The van der Waals surface area contributed by atoms with Crippen LogP contribution in [0.1, 0.15) is 20.3 Å². The normalized spacial score (nSPS) is 14.1. The predicted molar refractivity (Wildman–Crippen MR) is 44.7 cm³/mol. The van der Waals surface area contributed by atoms with E-state index >= 15 is 0 Å². The van der Waals surface area contributed by atoms with Gasteiger partial charge >= 0.3 is 5.97 Å². The highest BCUT2D eigenvalue weighted by Gasteiger charge is 2.01. The van der Waals surface area contributed by atoms with Crippen LogP contribution in [0.5, 0.6) is 0 Å². The number of hydrogen-bond donors (Lipinski definition) is 4. The van der Waals surface area contributed by atoms with Gasteiger partial charge in [-0.1, -0.05) is 6.92 Å². The maximum absolute atomic E-state index is 9.45. The maximum Gasteiger partial charge on any atom is 0.332 e. The first-order valence-corrected chi connectivity index (χ1v) is 3.73. The SMILES string of the molecule is CC(O)C(=O)O.CCC(N)CO. The summed E-state index contributed by atoms with van der Waals surface area (Å²) in [6, 6.07) is -0.00926. The van der Waals surface area contributed by atoms with Gasteiger partial charge in [0.25, 0.3) is 0 Å². The monoisotopic (exact) mass is 179 g/mol. The standard InChI is InChI=1S/C4H11NO.C3H6O3/c1-2-4(5)3-6;1-2(4)3(5)6/h4,6H,2-3,5H2,1H3;2,4H,1H3,(H,5,6). The molecule has 0 amide bonds. The van der Waals surface area contributed by atoms with E-state index in [1.54, 1.807) is 0 Å². The van der Waals surface area contributed by atoms with Crippen LogP contribution in [0.25, 0.3) is 0 Å². The average Bonchev–Trinajstić information content (AvgIpc) is 2.04. The lowest BCUT2D eigenvalue weighted by atomic mass is 10.3. The predicted octanol–water partition coefficient (Wildman–Crippen LogP) is -0.832. The Morgan fingerprint density at radius 3 is 1.92 bits per heavy atom. The number of aliphatic hydroxyl groups is 2. The summed E-state index contributed by atoms with van der Waals surface area (Å²) in [4.78, 5) is 9.45. The van der Waals surface area contributed by atoms with Gasteiger partial charge in [0, 0.05) is 6.04 Å². The van der Waals surface area contributed by atoms with Crippen LogP contribution in [-0.2, 0) is 4.79 Å². The molecule has 0 saturated carbocycles. The zero-order valence-corrected chi connectivity index (χ0v) is 7.40. The Bertz CT molecular complexity index is 112. The summed E-state index contributed by atoms with van der Waals surface area (Å²) < 4.78 is 0. The second kappa shape index (κ2) is 8.45. The highest BCUT2D eigenvalue weighted by molar-refractivity contribution is 5.71. The van der Waals surface area contributed by atoms with Crippen LogP contribution >= 0.6 is 0 Å². The van der Waals surface area contributed by atoms with E-state index in [-0.39, 0.29) is 12.6 Å². The summed E-state index contributed by atoms with van der Waals surface area (Å²) >= 11 is 0. The fourth-order valence-electron chi connectivity index (χ4n) is 0.129. The molecule has 5 nitrogen and oxygen atoms in total. The maximum atomic E-state index is 9.45. The first-order chi connectivity index (χ1) is 5.45. The lowest BCUT2D eigenvalue weighted by Crippen LogP contribution is -2.22. The Morgan fingerprint density at radius 1 is 1.58 bits per heavy atom. The van der Waals surface area contributed by atoms with Crippen LogP contribution in [0.4, 0.5) is 0 Å². The number of aliphatic carboxylic acids is 1. The van der Waals surface area contributed by atoms with Crippen molar-refractivity contribution in [1.82, 2.24) is 0 Å². The van der Waals surface area contributed by atoms with Gasteiger partial charge in [-0.3, -0.25) is 0 Å². The van der Waals surface area contributed by atoms with Crippen molar-refractivity contribution in [2.45, 2.75) is 32.4 Å². The van der Waals surface area contributed by atoms with Crippen molar-refractivity contribution in [2.75, 3.05) is 6.61 Å². The lowest BCUT2D eigenvalue weighted by molar-refractivity contribution is -0.145. The average molecular weight is 179 g/mol. The fraction of sp³-hybridized carbons (Fsp3) is 0.857. The van der Waals surface area contributed by atoms with Crippen LogP contribution in [0.3, 0.4) is 0 Å². The lowest BCUT2D eigenvalue weighted by Gasteiger charge is -1.98. The van der Waals surface area contributed by atoms with Crippen molar-refractivity contribution in [3.63, 3.8) is 0 Å². The number of rotatable bonds is 3. The molecule has 0 bridgehead atoms. The molecule has 0 aromatic rings. The number of hydrogen-bond acceptors (Lipinski definition) is 4. The second-order valence-corrected chi connectivity index (χ2v) is 2.37. The molecule has 2 atom stereocenters. The van der Waals surface area contributed by atoms with Crippen LogP contribution in [0.15, 0.2) is 0 Å². The third kappa shape index (κ3) is 12.1. The molecule has 12 heavy (non-hydrogen) atoms. The summed E-state index contributed by atoms with van der Waals surface area (Å²) in [5.74, 6) is -1.19. The summed E-state index contributed by atoms with van der Waals surface area (Å²) in [5, 5.41) is 24.0. The van der Waals surface area contributed by atoms with E-state index in [1.807, 2.05) is 6.92 Å². The molecule has 0 spiro atoms. The minimum atomic E-state index is -1.23. The number of carbonyl (C=O) groups is 1. The van der Waals surface area contributed by atoms with Crippen LogP contribution < -0.4 is 5.73 Å². The van der Waals surface area contributed by atoms with Crippen LogP contribution in [-0.4, -0.2) is 40.0 Å². The molecule has 0 rings (SSSR count). The van der Waals surface area contributed by atoms with E-state index in [0.717, 1.165) is 6.42 Å². The summed E-state index contributed by atoms with van der Waals surface area (Å²) in [5.41, 5.74) is 5.22. The number of carboxylic acids is 1.